The van der Waals surface area contributed by atoms with Crippen LogP contribution in [0.15, 0.2) is 0 Å². The maximum Gasteiger partial charge on any atom is 0.166 e. The molecular weight excluding hydrogens is 425 g/mol. The Kier molecular flexibility index (Phi) is 11.9. The molecule has 11 nitrogen and oxygen atoms in total. The Hall–Kier alpha value is -1.09. The summed E-state index contributed by atoms with van der Waals surface area (Å²) < 4.78 is 46.6. The molecule has 0 spiro atoms. The molecule has 0 unspecified atom stereocenters. The van der Waals surface area contributed by atoms with E-state index in [1.165, 1.54) is 6.26 Å². The zero-order valence-electron chi connectivity index (χ0n) is 18.9. The summed E-state index contributed by atoms with van der Waals surface area (Å²) in [4.78, 5) is 2.07. The zero-order valence-corrected chi connectivity index (χ0v) is 19.7. The molecule has 0 radical (unpaired) electrons. The molecule has 1 N–H and O–H groups in total. The average molecular weight is 461 g/mol. The first-order chi connectivity index (χ1) is 14.9. The minimum absolute atomic E-state index is 0.257. The van der Waals surface area contributed by atoms with Crippen LogP contribution in [0.4, 0.5) is 0 Å². The lowest BCUT2D eigenvalue weighted by atomic mass is 10.0. The molecule has 0 atom stereocenters. The lowest BCUT2D eigenvalue weighted by molar-refractivity contribution is -0.00228. The summed E-state index contributed by atoms with van der Waals surface area (Å²) in [7, 11) is 0.909. The molecule has 0 aromatic carbocycles. The maximum absolute atomic E-state index is 11.5. The van der Waals surface area contributed by atoms with Crippen molar-refractivity contribution in [1.29, 1.82) is 0 Å². The van der Waals surface area contributed by atoms with E-state index in [1.54, 1.807) is 0 Å². The van der Waals surface area contributed by atoms with Crippen molar-refractivity contribution < 1.29 is 27.4 Å². The van der Waals surface area contributed by atoms with Crippen LogP contribution < -0.4 is 10.9 Å². The Morgan fingerprint density at radius 1 is 1.00 bits per heavy atom. The van der Waals surface area contributed by atoms with Crippen LogP contribution in [0.3, 0.4) is 0 Å². The summed E-state index contributed by atoms with van der Waals surface area (Å²) in [5.74, 6) is 0. The second-order valence-electron chi connectivity index (χ2n) is 7.54. The van der Waals surface area contributed by atoms with Crippen molar-refractivity contribution >= 4 is 23.3 Å². The molecule has 0 bridgehead atoms. The van der Waals surface area contributed by atoms with Gasteiger partial charge in [0.25, 0.3) is 0 Å². The first-order valence-corrected chi connectivity index (χ1v) is 12.6. The molecule has 1 aliphatic rings. The molecule has 2 heterocycles. The molecule has 1 aromatic rings. The van der Waals surface area contributed by atoms with Gasteiger partial charge in [0, 0.05) is 38.0 Å². The van der Waals surface area contributed by atoms with Gasteiger partial charge in [-0.05, 0) is 7.05 Å². The van der Waals surface area contributed by atoms with Gasteiger partial charge in [0.2, 0.25) is 0 Å². The van der Waals surface area contributed by atoms with Gasteiger partial charge in [-0.25, -0.2) is 8.42 Å². The normalized spacial score (nSPS) is 15.4. The quantitative estimate of drug-likeness (QED) is 0.180. The van der Waals surface area contributed by atoms with E-state index in [2.05, 4.69) is 20.5 Å². The van der Waals surface area contributed by atoms with Crippen LogP contribution in [0, 0.1) is 0 Å². The minimum atomic E-state index is -2.95. The smallest absolute Gasteiger partial charge is 0.166 e. The number of hydrogen-bond donors (Lipinski definition) is 1. The van der Waals surface area contributed by atoms with Crippen LogP contribution in [0.1, 0.15) is 5.69 Å². The van der Waals surface area contributed by atoms with Gasteiger partial charge in [-0.15, -0.1) is 5.10 Å². The Labute approximate surface area is 186 Å². The van der Waals surface area contributed by atoms with E-state index in [0.717, 1.165) is 17.8 Å². The van der Waals surface area contributed by atoms with Crippen molar-refractivity contribution in [3.05, 3.63) is 5.69 Å². The minimum Gasteiger partial charge on any atom is -0.378 e. The predicted molar refractivity (Wildman–Crippen MR) is 119 cm³/mol. The highest BCUT2D eigenvalue weighted by molar-refractivity contribution is 7.91. The van der Waals surface area contributed by atoms with E-state index in [4.69, 9.17) is 18.9 Å². The second-order valence-corrected chi connectivity index (χ2v) is 9.87. The van der Waals surface area contributed by atoms with E-state index >= 15 is 0 Å². The van der Waals surface area contributed by atoms with Gasteiger partial charge < -0.3 is 24.3 Å². The highest BCUT2D eigenvalue weighted by atomic mass is 32.2. The molecule has 1 aliphatic heterocycles. The summed E-state index contributed by atoms with van der Waals surface area (Å²) in [6, 6.07) is 0. The van der Waals surface area contributed by atoms with Crippen LogP contribution in [-0.4, -0.2) is 127 Å². The van der Waals surface area contributed by atoms with Crippen LogP contribution in [0.2, 0.25) is 0 Å². The Balaban J connectivity index is 1.45. The van der Waals surface area contributed by atoms with E-state index in [0.29, 0.717) is 79.0 Å². The number of sulfone groups is 1. The van der Waals surface area contributed by atoms with Crippen molar-refractivity contribution in [3.63, 3.8) is 0 Å². The molecular formula is C18H36BN5O6S. The number of likely N-dealkylation sites (tertiary alicyclic amines) is 1. The monoisotopic (exact) mass is 461 g/mol. The third-order valence-electron chi connectivity index (χ3n) is 5.04. The van der Waals surface area contributed by atoms with Crippen LogP contribution in [0.25, 0.3) is 0 Å². The third-order valence-corrected chi connectivity index (χ3v) is 6.55. The number of hydrogen-bond acceptors (Lipinski definition) is 10. The fourth-order valence-corrected chi connectivity index (χ4v) is 3.94. The van der Waals surface area contributed by atoms with Crippen molar-refractivity contribution in [2.75, 3.05) is 85.8 Å². The first-order valence-electron chi connectivity index (χ1n) is 10.7. The number of aromatic nitrogens is 3. The second kappa shape index (κ2) is 14.1. The molecule has 1 fully saturated rings. The van der Waals surface area contributed by atoms with Gasteiger partial charge in [-0.1, -0.05) is 5.21 Å². The third kappa shape index (κ3) is 9.94. The molecule has 0 amide bonds. The van der Waals surface area contributed by atoms with Gasteiger partial charge >= 0.3 is 0 Å². The van der Waals surface area contributed by atoms with Crippen molar-refractivity contribution in [3.8, 4) is 0 Å². The first kappa shape index (κ1) is 26.2. The molecule has 1 saturated heterocycles. The summed E-state index contributed by atoms with van der Waals surface area (Å²) in [6.07, 6.45) is 1.29. The van der Waals surface area contributed by atoms with Crippen molar-refractivity contribution in [2.24, 2.45) is 0 Å². The molecule has 178 valence electrons. The van der Waals surface area contributed by atoms with E-state index in [9.17, 15) is 8.42 Å². The average Bonchev–Trinajstić information content (AvgIpc) is 3.03. The van der Waals surface area contributed by atoms with Crippen LogP contribution >= 0.6 is 0 Å². The van der Waals surface area contributed by atoms with E-state index < -0.39 is 9.84 Å². The van der Waals surface area contributed by atoms with Gasteiger partial charge in [0.1, 0.15) is 0 Å². The van der Waals surface area contributed by atoms with Crippen LogP contribution in [0.5, 0.6) is 0 Å². The summed E-state index contributed by atoms with van der Waals surface area (Å²) in [5, 5.41) is 11.2. The maximum atomic E-state index is 11.5. The van der Waals surface area contributed by atoms with Gasteiger partial charge in [-0.3, -0.25) is 9.58 Å². The fraction of sp³-hybridized carbons (Fsp3) is 0.889. The van der Waals surface area contributed by atoms with E-state index in [1.807, 2.05) is 19.6 Å². The van der Waals surface area contributed by atoms with E-state index in [-0.39, 0.29) is 5.25 Å². The zero-order chi connectivity index (χ0) is 22.5. The molecule has 2 rings (SSSR count). The van der Waals surface area contributed by atoms with Crippen molar-refractivity contribution in [1.82, 2.24) is 25.2 Å². The molecule has 1 aromatic heterocycles. The number of nitrogens with one attached hydrogen (secondary N) is 1. The molecule has 0 saturated carbocycles. The fourth-order valence-electron chi connectivity index (χ4n) is 2.98. The standard InChI is InChI=1S/C18H36BN5O6S/c1-20-3-5-27-7-9-29-11-12-30-10-8-28-6-4-24-18(19)17(21-22-24)15-23-13-16(14-23)31(2,25)26/h16,20H,3-15,19H2,1-2H3. The number of likely N-dealkylation sites (N-methyl/N-ethyl adjacent to an activating group) is 1. The highest BCUT2D eigenvalue weighted by Crippen LogP contribution is 2.17. The lowest BCUT2D eigenvalue weighted by Crippen LogP contribution is -2.54. The number of ether oxygens (including phenoxy) is 4. The predicted octanol–water partition coefficient (Wildman–Crippen LogP) is -2.95. The van der Waals surface area contributed by atoms with Gasteiger partial charge in [0.15, 0.2) is 17.7 Å². The van der Waals surface area contributed by atoms with Gasteiger partial charge in [-0.2, -0.15) is 0 Å². The molecule has 0 aliphatic carbocycles. The Bertz CT molecular complexity index is 729. The lowest BCUT2D eigenvalue weighted by Gasteiger charge is -2.37. The summed E-state index contributed by atoms with van der Waals surface area (Å²) in [6.45, 7) is 7.65. The largest absolute Gasteiger partial charge is 0.378 e. The Morgan fingerprint density at radius 3 is 2.10 bits per heavy atom. The van der Waals surface area contributed by atoms with Gasteiger partial charge in [0.05, 0.1) is 70.3 Å². The SMILES string of the molecule is Bc1c(CN2CC(S(C)(=O)=O)C2)nnn1CCOCCOCCOCCOCCNC. The molecule has 13 heteroatoms. The van der Waals surface area contributed by atoms with Crippen LogP contribution in [-0.2, 0) is 41.9 Å². The van der Waals surface area contributed by atoms with Crippen molar-refractivity contribution in [2.45, 2.75) is 18.3 Å². The highest BCUT2D eigenvalue weighted by Gasteiger charge is 2.34. The summed E-state index contributed by atoms with van der Waals surface area (Å²) >= 11 is 0. The number of rotatable bonds is 18. The Morgan fingerprint density at radius 2 is 1.55 bits per heavy atom. The molecule has 31 heavy (non-hydrogen) atoms. The summed E-state index contributed by atoms with van der Waals surface area (Å²) in [5.41, 5.74) is 1.86. The topological polar surface area (TPSA) is 117 Å². The number of nitrogens with zero attached hydrogens (tertiary/aromatic N) is 4.